The van der Waals surface area contributed by atoms with Crippen LogP contribution in [0.15, 0.2) is 17.5 Å². The highest BCUT2D eigenvalue weighted by molar-refractivity contribution is 7.09. The zero-order valence-corrected chi connectivity index (χ0v) is 13.1. The van der Waals surface area contributed by atoms with E-state index in [4.69, 9.17) is 9.47 Å². The minimum absolute atomic E-state index is 0.181. The first kappa shape index (κ1) is 15.0. The van der Waals surface area contributed by atoms with Crippen molar-refractivity contribution in [3.8, 4) is 0 Å². The molecule has 1 aliphatic carbocycles. The molecule has 0 atom stereocenters. The van der Waals surface area contributed by atoms with Crippen LogP contribution in [0.1, 0.15) is 43.4 Å². The van der Waals surface area contributed by atoms with Gasteiger partial charge in [-0.1, -0.05) is 6.07 Å². The van der Waals surface area contributed by atoms with E-state index in [-0.39, 0.29) is 17.7 Å². The van der Waals surface area contributed by atoms with Gasteiger partial charge in [0.15, 0.2) is 5.79 Å². The van der Waals surface area contributed by atoms with Crippen molar-refractivity contribution in [2.45, 2.75) is 56.8 Å². The number of ether oxygens (including phenoxy) is 2. The molecule has 5 heteroatoms. The van der Waals surface area contributed by atoms with Crippen LogP contribution in [0.2, 0.25) is 0 Å². The number of thiophene rings is 1. The second kappa shape index (κ2) is 6.90. The Bertz CT molecular complexity index is 444. The normalized spacial score (nSPS) is 21.7. The van der Waals surface area contributed by atoms with E-state index < -0.39 is 0 Å². The molecular formula is C16H23NO3S. The zero-order chi connectivity index (χ0) is 14.5. The molecular weight excluding hydrogens is 286 g/mol. The van der Waals surface area contributed by atoms with Crippen LogP contribution in [0, 0.1) is 0 Å². The topological polar surface area (TPSA) is 47.6 Å². The van der Waals surface area contributed by atoms with Crippen LogP contribution >= 0.6 is 11.3 Å². The van der Waals surface area contributed by atoms with Gasteiger partial charge in [0.1, 0.15) is 0 Å². The standard InChI is InChI=1S/C16H23NO3S/c18-15(5-1-3-14-4-2-12-21-14)17-13-6-8-16(9-7-13)19-10-11-20-16/h2,4,12-13H,1,3,5-11H2,(H,17,18). The number of rotatable bonds is 5. The summed E-state index contributed by atoms with van der Waals surface area (Å²) in [5.41, 5.74) is 0. The highest BCUT2D eigenvalue weighted by Crippen LogP contribution is 2.35. The summed E-state index contributed by atoms with van der Waals surface area (Å²) in [5, 5.41) is 5.24. The van der Waals surface area contributed by atoms with Crippen LogP contribution in [0.25, 0.3) is 0 Å². The third-order valence-corrected chi connectivity index (χ3v) is 5.27. The van der Waals surface area contributed by atoms with Gasteiger partial charge in [-0.25, -0.2) is 0 Å². The molecule has 1 aromatic rings. The summed E-state index contributed by atoms with van der Waals surface area (Å²) in [6.45, 7) is 1.42. The molecule has 1 spiro atoms. The van der Waals surface area contributed by atoms with Crippen molar-refractivity contribution in [1.29, 1.82) is 0 Å². The summed E-state index contributed by atoms with van der Waals surface area (Å²) in [6.07, 6.45) is 6.25. The zero-order valence-electron chi connectivity index (χ0n) is 12.3. The first-order valence-electron chi connectivity index (χ1n) is 7.85. The minimum atomic E-state index is -0.333. The fraction of sp³-hybridized carbons (Fsp3) is 0.688. The summed E-state index contributed by atoms with van der Waals surface area (Å²) >= 11 is 1.76. The lowest BCUT2D eigenvalue weighted by molar-refractivity contribution is -0.180. The highest BCUT2D eigenvalue weighted by Gasteiger charge is 2.40. The van der Waals surface area contributed by atoms with Gasteiger partial charge in [0.25, 0.3) is 0 Å². The highest BCUT2D eigenvalue weighted by atomic mass is 32.1. The largest absolute Gasteiger partial charge is 0.353 e. The summed E-state index contributed by atoms with van der Waals surface area (Å²) in [4.78, 5) is 13.3. The maximum Gasteiger partial charge on any atom is 0.220 e. The lowest BCUT2D eigenvalue weighted by Crippen LogP contribution is -2.43. The third kappa shape index (κ3) is 4.05. The van der Waals surface area contributed by atoms with Crippen LogP contribution in [-0.4, -0.2) is 30.9 Å². The molecule has 2 heterocycles. The molecule has 1 amide bonds. The summed E-state index contributed by atoms with van der Waals surface area (Å²) in [7, 11) is 0. The van der Waals surface area contributed by atoms with E-state index in [0.717, 1.165) is 38.5 Å². The molecule has 1 saturated heterocycles. The molecule has 0 unspecified atom stereocenters. The molecule has 4 nitrogen and oxygen atoms in total. The summed E-state index contributed by atoms with van der Waals surface area (Å²) in [5.74, 6) is -0.152. The Kier molecular flexibility index (Phi) is 4.93. The van der Waals surface area contributed by atoms with Crippen molar-refractivity contribution in [1.82, 2.24) is 5.32 Å². The van der Waals surface area contributed by atoms with E-state index in [1.54, 1.807) is 11.3 Å². The van der Waals surface area contributed by atoms with Gasteiger partial charge in [0, 0.05) is 30.2 Å². The molecule has 3 rings (SSSR count). The smallest absolute Gasteiger partial charge is 0.220 e. The van der Waals surface area contributed by atoms with Gasteiger partial charge in [-0.05, 0) is 37.1 Å². The molecule has 0 bridgehead atoms. The van der Waals surface area contributed by atoms with Crippen molar-refractivity contribution in [2.24, 2.45) is 0 Å². The van der Waals surface area contributed by atoms with Gasteiger partial charge < -0.3 is 14.8 Å². The average molecular weight is 309 g/mol. The number of carbonyl (C=O) groups excluding carboxylic acids is 1. The Hall–Kier alpha value is -0.910. The fourth-order valence-corrected chi connectivity index (χ4v) is 3.92. The van der Waals surface area contributed by atoms with Gasteiger partial charge in [-0.2, -0.15) is 0 Å². The fourth-order valence-electron chi connectivity index (χ4n) is 3.17. The van der Waals surface area contributed by atoms with Gasteiger partial charge in [-0.3, -0.25) is 4.79 Å². The predicted molar refractivity (Wildman–Crippen MR) is 82.3 cm³/mol. The molecule has 1 aromatic heterocycles. The summed E-state index contributed by atoms with van der Waals surface area (Å²) in [6, 6.07) is 4.48. The molecule has 2 aliphatic rings. The third-order valence-electron chi connectivity index (χ3n) is 4.33. The van der Waals surface area contributed by atoms with E-state index in [1.165, 1.54) is 4.88 Å². The van der Waals surface area contributed by atoms with Crippen molar-refractivity contribution in [3.63, 3.8) is 0 Å². The molecule has 1 saturated carbocycles. The lowest BCUT2D eigenvalue weighted by Gasteiger charge is -2.35. The van der Waals surface area contributed by atoms with Crippen LogP contribution in [0.3, 0.4) is 0 Å². The van der Waals surface area contributed by atoms with Crippen LogP contribution in [-0.2, 0) is 20.7 Å². The van der Waals surface area contributed by atoms with Crippen LogP contribution in [0.4, 0.5) is 0 Å². The molecule has 1 aliphatic heterocycles. The first-order chi connectivity index (χ1) is 10.3. The van der Waals surface area contributed by atoms with E-state index in [1.807, 2.05) is 0 Å². The Morgan fingerprint density at radius 1 is 1.33 bits per heavy atom. The average Bonchev–Trinajstić information content (AvgIpc) is 3.14. The van der Waals surface area contributed by atoms with Gasteiger partial charge in [0.2, 0.25) is 5.91 Å². The Morgan fingerprint density at radius 3 is 2.76 bits per heavy atom. The van der Waals surface area contributed by atoms with E-state index in [0.29, 0.717) is 19.6 Å². The minimum Gasteiger partial charge on any atom is -0.353 e. The molecule has 2 fully saturated rings. The predicted octanol–water partition coefficient (Wildman–Crippen LogP) is 2.87. The van der Waals surface area contributed by atoms with Crippen molar-refractivity contribution in [2.75, 3.05) is 13.2 Å². The second-order valence-electron chi connectivity index (χ2n) is 5.88. The van der Waals surface area contributed by atoms with Crippen LogP contribution in [0.5, 0.6) is 0 Å². The Morgan fingerprint density at radius 2 is 2.10 bits per heavy atom. The van der Waals surface area contributed by atoms with Gasteiger partial charge in [-0.15, -0.1) is 11.3 Å². The molecule has 1 N–H and O–H groups in total. The molecule has 21 heavy (non-hydrogen) atoms. The van der Waals surface area contributed by atoms with Crippen molar-refractivity contribution in [3.05, 3.63) is 22.4 Å². The van der Waals surface area contributed by atoms with E-state index in [9.17, 15) is 4.79 Å². The lowest BCUT2D eigenvalue weighted by atomic mass is 9.90. The molecule has 116 valence electrons. The second-order valence-corrected chi connectivity index (χ2v) is 6.91. The molecule has 0 aromatic carbocycles. The van der Waals surface area contributed by atoms with Crippen molar-refractivity contribution >= 4 is 17.2 Å². The number of aryl methyl sites for hydroxylation is 1. The molecule has 0 radical (unpaired) electrons. The Balaban J connectivity index is 1.34. The maximum absolute atomic E-state index is 12.0. The van der Waals surface area contributed by atoms with Crippen molar-refractivity contribution < 1.29 is 14.3 Å². The number of amides is 1. The van der Waals surface area contributed by atoms with Gasteiger partial charge in [0.05, 0.1) is 13.2 Å². The number of hydrogen-bond acceptors (Lipinski definition) is 4. The number of carbonyl (C=O) groups is 1. The van der Waals surface area contributed by atoms with E-state index >= 15 is 0 Å². The summed E-state index contributed by atoms with van der Waals surface area (Å²) < 4.78 is 11.4. The number of hydrogen-bond donors (Lipinski definition) is 1. The van der Waals surface area contributed by atoms with Crippen LogP contribution < -0.4 is 5.32 Å². The monoisotopic (exact) mass is 309 g/mol. The Labute approximate surface area is 129 Å². The first-order valence-corrected chi connectivity index (χ1v) is 8.73. The maximum atomic E-state index is 12.0. The number of nitrogens with one attached hydrogen (secondary N) is 1. The van der Waals surface area contributed by atoms with Gasteiger partial charge >= 0.3 is 0 Å². The quantitative estimate of drug-likeness (QED) is 0.910. The van der Waals surface area contributed by atoms with E-state index in [2.05, 4.69) is 22.8 Å². The SMILES string of the molecule is O=C(CCCc1cccs1)NC1CCC2(CC1)OCCO2.